The van der Waals surface area contributed by atoms with E-state index in [1.54, 1.807) is 7.11 Å². The van der Waals surface area contributed by atoms with E-state index >= 15 is 0 Å². The summed E-state index contributed by atoms with van der Waals surface area (Å²) >= 11 is 0. The Bertz CT molecular complexity index is 1100. The van der Waals surface area contributed by atoms with Crippen molar-refractivity contribution in [2.24, 2.45) is 0 Å². The van der Waals surface area contributed by atoms with Crippen molar-refractivity contribution in [3.8, 4) is 11.4 Å². The number of hydrogen-bond acceptors (Lipinski definition) is 3. The molecule has 1 aromatic heterocycles. The standard InChI is InChI=1S/C27H27N3O/c1-31-23-17-15-22(16-18-23)30-27-24(14-8-9-19-28-27)26(29-30)25(20-10-4-2-5-11-20)21-12-6-3-7-13-21/h2-7,10-13,15-18,25,28H,8-9,14,19H2,1H3. The summed E-state index contributed by atoms with van der Waals surface area (Å²) in [7, 11) is 1.69. The van der Waals surface area contributed by atoms with Crippen molar-refractivity contribution < 1.29 is 4.74 Å². The van der Waals surface area contributed by atoms with E-state index in [1.165, 1.54) is 16.7 Å². The van der Waals surface area contributed by atoms with Gasteiger partial charge in [0.1, 0.15) is 11.6 Å². The minimum absolute atomic E-state index is 0.0931. The maximum Gasteiger partial charge on any atom is 0.133 e. The van der Waals surface area contributed by atoms with Gasteiger partial charge in [-0.05, 0) is 54.7 Å². The molecule has 0 atom stereocenters. The lowest BCUT2D eigenvalue weighted by atomic mass is 9.86. The minimum atomic E-state index is 0.0931. The fourth-order valence-corrected chi connectivity index (χ4v) is 4.47. The molecule has 0 aliphatic carbocycles. The molecule has 0 fully saturated rings. The second kappa shape index (κ2) is 8.68. The van der Waals surface area contributed by atoms with Gasteiger partial charge in [-0.2, -0.15) is 5.10 Å². The number of ether oxygens (including phenoxy) is 1. The molecule has 0 bridgehead atoms. The van der Waals surface area contributed by atoms with Gasteiger partial charge in [-0.15, -0.1) is 0 Å². The minimum Gasteiger partial charge on any atom is -0.497 e. The maximum atomic E-state index is 5.35. The molecule has 2 heterocycles. The molecule has 1 aliphatic rings. The average molecular weight is 410 g/mol. The number of hydrogen-bond donors (Lipinski definition) is 1. The highest BCUT2D eigenvalue weighted by Crippen LogP contribution is 2.38. The number of nitrogens with one attached hydrogen (secondary N) is 1. The van der Waals surface area contributed by atoms with Crippen molar-refractivity contribution in [3.63, 3.8) is 0 Å². The van der Waals surface area contributed by atoms with Crippen LogP contribution in [0.4, 0.5) is 5.82 Å². The first kappa shape index (κ1) is 19.4. The highest BCUT2D eigenvalue weighted by Gasteiger charge is 2.28. The smallest absolute Gasteiger partial charge is 0.133 e. The third kappa shape index (κ3) is 3.81. The van der Waals surface area contributed by atoms with Gasteiger partial charge in [-0.1, -0.05) is 60.7 Å². The summed E-state index contributed by atoms with van der Waals surface area (Å²) in [5.41, 5.74) is 6.03. The quantitative estimate of drug-likeness (QED) is 0.452. The molecule has 4 nitrogen and oxygen atoms in total. The molecular formula is C27H27N3O. The van der Waals surface area contributed by atoms with Crippen molar-refractivity contribution in [1.29, 1.82) is 0 Å². The summed E-state index contributed by atoms with van der Waals surface area (Å²) in [6.07, 6.45) is 3.36. The number of aromatic nitrogens is 2. The zero-order valence-corrected chi connectivity index (χ0v) is 17.8. The number of benzene rings is 3. The van der Waals surface area contributed by atoms with Crippen molar-refractivity contribution in [2.45, 2.75) is 25.2 Å². The van der Waals surface area contributed by atoms with Crippen LogP contribution in [-0.2, 0) is 6.42 Å². The summed E-state index contributed by atoms with van der Waals surface area (Å²) in [5.74, 6) is 2.06. The van der Waals surface area contributed by atoms with Gasteiger partial charge in [0.05, 0.1) is 24.4 Å². The average Bonchev–Trinajstić information content (AvgIpc) is 3.01. The van der Waals surface area contributed by atoms with Crippen LogP contribution in [0.2, 0.25) is 0 Å². The van der Waals surface area contributed by atoms with Gasteiger partial charge >= 0.3 is 0 Å². The summed E-state index contributed by atoms with van der Waals surface area (Å²) in [6, 6.07) is 29.6. The summed E-state index contributed by atoms with van der Waals surface area (Å²) in [4.78, 5) is 0. The van der Waals surface area contributed by atoms with E-state index in [0.717, 1.165) is 48.8 Å². The van der Waals surface area contributed by atoms with Crippen LogP contribution >= 0.6 is 0 Å². The summed E-state index contributed by atoms with van der Waals surface area (Å²) in [6.45, 7) is 0.968. The van der Waals surface area contributed by atoms with Crippen LogP contribution in [0.5, 0.6) is 5.75 Å². The molecule has 0 saturated heterocycles. The molecule has 3 aromatic carbocycles. The summed E-state index contributed by atoms with van der Waals surface area (Å²) in [5, 5.41) is 8.89. The van der Waals surface area contributed by atoms with Gasteiger partial charge in [0, 0.05) is 12.1 Å². The van der Waals surface area contributed by atoms with Gasteiger partial charge in [-0.3, -0.25) is 0 Å². The first-order valence-corrected chi connectivity index (χ1v) is 10.9. The van der Waals surface area contributed by atoms with Crippen molar-refractivity contribution in [1.82, 2.24) is 9.78 Å². The highest BCUT2D eigenvalue weighted by molar-refractivity contribution is 5.58. The predicted octanol–water partition coefficient (Wildman–Crippen LogP) is 5.81. The van der Waals surface area contributed by atoms with E-state index in [0.29, 0.717) is 0 Å². The van der Waals surface area contributed by atoms with Gasteiger partial charge in [0.2, 0.25) is 0 Å². The van der Waals surface area contributed by atoms with Crippen LogP contribution in [0.15, 0.2) is 84.9 Å². The van der Waals surface area contributed by atoms with Gasteiger partial charge in [-0.25, -0.2) is 4.68 Å². The SMILES string of the molecule is COc1ccc(-n2nc(C(c3ccccc3)c3ccccc3)c3c2NCCCC3)cc1. The molecule has 1 N–H and O–H groups in total. The number of anilines is 1. The molecule has 156 valence electrons. The van der Waals surface area contributed by atoms with Crippen LogP contribution in [0.25, 0.3) is 5.69 Å². The predicted molar refractivity (Wildman–Crippen MR) is 125 cm³/mol. The molecular weight excluding hydrogens is 382 g/mol. The first-order chi connectivity index (χ1) is 15.3. The lowest BCUT2D eigenvalue weighted by Gasteiger charge is -2.18. The van der Waals surface area contributed by atoms with Gasteiger partial charge < -0.3 is 10.1 Å². The lowest BCUT2D eigenvalue weighted by Crippen LogP contribution is -2.08. The molecule has 5 rings (SSSR count). The van der Waals surface area contributed by atoms with Crippen LogP contribution in [0, 0.1) is 0 Å². The fourth-order valence-electron chi connectivity index (χ4n) is 4.47. The van der Waals surface area contributed by atoms with E-state index in [9.17, 15) is 0 Å². The maximum absolute atomic E-state index is 5.35. The fraction of sp³-hybridized carbons (Fsp3) is 0.222. The Hall–Kier alpha value is -3.53. The Kier molecular flexibility index (Phi) is 5.44. The molecule has 0 radical (unpaired) electrons. The van der Waals surface area contributed by atoms with E-state index in [1.807, 2.05) is 12.1 Å². The van der Waals surface area contributed by atoms with Crippen LogP contribution in [0.3, 0.4) is 0 Å². The van der Waals surface area contributed by atoms with E-state index in [2.05, 4.69) is 82.8 Å². The Morgan fingerprint density at radius 2 is 1.48 bits per heavy atom. The Balaban J connectivity index is 1.70. The number of rotatable bonds is 5. The normalized spacial score (nSPS) is 13.4. The first-order valence-electron chi connectivity index (χ1n) is 10.9. The van der Waals surface area contributed by atoms with E-state index < -0.39 is 0 Å². The number of fused-ring (bicyclic) bond motifs is 1. The zero-order chi connectivity index (χ0) is 21.0. The molecule has 31 heavy (non-hydrogen) atoms. The Morgan fingerprint density at radius 3 is 2.10 bits per heavy atom. The molecule has 1 aliphatic heterocycles. The van der Waals surface area contributed by atoms with E-state index in [4.69, 9.17) is 9.84 Å². The molecule has 0 amide bonds. The van der Waals surface area contributed by atoms with Crippen LogP contribution in [0.1, 0.15) is 41.1 Å². The zero-order valence-electron chi connectivity index (χ0n) is 17.8. The Labute approximate surface area is 183 Å². The molecule has 4 heteroatoms. The Morgan fingerprint density at radius 1 is 0.839 bits per heavy atom. The lowest BCUT2D eigenvalue weighted by molar-refractivity contribution is 0.414. The number of nitrogens with zero attached hydrogens (tertiary/aromatic N) is 2. The van der Waals surface area contributed by atoms with E-state index in [-0.39, 0.29) is 5.92 Å². The third-order valence-corrected chi connectivity index (χ3v) is 6.02. The van der Waals surface area contributed by atoms with Gasteiger partial charge in [0.15, 0.2) is 0 Å². The van der Waals surface area contributed by atoms with Gasteiger partial charge in [0.25, 0.3) is 0 Å². The van der Waals surface area contributed by atoms with Crippen molar-refractivity contribution in [2.75, 3.05) is 19.0 Å². The van der Waals surface area contributed by atoms with Crippen molar-refractivity contribution in [3.05, 3.63) is 107 Å². The van der Waals surface area contributed by atoms with Crippen molar-refractivity contribution >= 4 is 5.82 Å². The second-order valence-corrected chi connectivity index (χ2v) is 7.96. The largest absolute Gasteiger partial charge is 0.497 e. The molecule has 0 spiro atoms. The highest BCUT2D eigenvalue weighted by atomic mass is 16.5. The molecule has 0 saturated carbocycles. The van der Waals surface area contributed by atoms with Crippen LogP contribution in [-0.4, -0.2) is 23.4 Å². The molecule has 4 aromatic rings. The number of methoxy groups -OCH3 is 1. The summed E-state index contributed by atoms with van der Waals surface area (Å²) < 4.78 is 7.43. The second-order valence-electron chi connectivity index (χ2n) is 7.96. The van der Waals surface area contributed by atoms with Crippen LogP contribution < -0.4 is 10.1 Å². The third-order valence-electron chi connectivity index (χ3n) is 6.02. The topological polar surface area (TPSA) is 39.1 Å². The molecule has 0 unspecified atom stereocenters. The monoisotopic (exact) mass is 409 g/mol.